The maximum atomic E-state index is 6.16. The Hall–Kier alpha value is -1.16. The van der Waals surface area contributed by atoms with Gasteiger partial charge in [-0.3, -0.25) is 4.90 Å². The first-order valence-electron chi connectivity index (χ1n) is 7.79. The first-order valence-corrected chi connectivity index (χ1v) is 8.67. The third-order valence-corrected chi connectivity index (χ3v) is 5.89. The fourth-order valence-corrected chi connectivity index (χ4v) is 4.55. The van der Waals surface area contributed by atoms with Crippen molar-refractivity contribution in [2.45, 2.75) is 38.3 Å². The molecule has 1 aliphatic rings. The van der Waals surface area contributed by atoms with Crippen molar-refractivity contribution in [2.75, 3.05) is 13.1 Å². The van der Waals surface area contributed by atoms with E-state index in [0.29, 0.717) is 24.5 Å². The first-order chi connectivity index (χ1) is 10.2. The average molecular weight is 300 g/mol. The van der Waals surface area contributed by atoms with Gasteiger partial charge in [0, 0.05) is 30.1 Å². The van der Waals surface area contributed by atoms with Crippen molar-refractivity contribution in [1.29, 1.82) is 0 Å². The van der Waals surface area contributed by atoms with Gasteiger partial charge in [0.05, 0.1) is 0 Å². The standard InChI is InChI=1S/C18H24N2S/c1-13(15-6-4-3-5-7-15)17(12-19)20-10-8-18-16(14(20)2)9-11-21-18/h3-7,9,11,13-14,17H,8,10,12,19H2,1-2H3. The number of nitrogens with zero attached hydrogens (tertiary/aromatic N) is 1. The highest BCUT2D eigenvalue weighted by molar-refractivity contribution is 7.10. The predicted octanol–water partition coefficient (Wildman–Crippen LogP) is 3.80. The van der Waals surface area contributed by atoms with Gasteiger partial charge in [0.15, 0.2) is 0 Å². The first kappa shape index (κ1) is 14.8. The summed E-state index contributed by atoms with van der Waals surface area (Å²) in [6, 6.07) is 13.9. The van der Waals surface area contributed by atoms with E-state index < -0.39 is 0 Å². The molecule has 2 nitrogen and oxygen atoms in total. The SMILES string of the molecule is CC(c1ccccc1)C(CN)N1CCc2sccc2C1C. The molecular formula is C18H24N2S. The van der Waals surface area contributed by atoms with Gasteiger partial charge >= 0.3 is 0 Å². The second kappa shape index (κ2) is 6.30. The van der Waals surface area contributed by atoms with E-state index in [0.717, 1.165) is 13.0 Å². The van der Waals surface area contributed by atoms with E-state index in [4.69, 9.17) is 5.73 Å². The van der Waals surface area contributed by atoms with Crippen LogP contribution in [0.5, 0.6) is 0 Å². The van der Waals surface area contributed by atoms with Gasteiger partial charge in [0.2, 0.25) is 0 Å². The highest BCUT2D eigenvalue weighted by Crippen LogP contribution is 2.36. The maximum Gasteiger partial charge on any atom is 0.0334 e. The molecule has 0 fully saturated rings. The summed E-state index contributed by atoms with van der Waals surface area (Å²) in [5.41, 5.74) is 9.05. The van der Waals surface area contributed by atoms with Crippen LogP contribution in [0.2, 0.25) is 0 Å². The van der Waals surface area contributed by atoms with Crippen molar-refractivity contribution in [3.63, 3.8) is 0 Å². The molecular weight excluding hydrogens is 276 g/mol. The lowest BCUT2D eigenvalue weighted by molar-refractivity contribution is 0.122. The Bertz CT molecular complexity index is 578. The molecule has 0 radical (unpaired) electrons. The third kappa shape index (κ3) is 2.78. The van der Waals surface area contributed by atoms with Crippen molar-refractivity contribution < 1.29 is 0 Å². The molecule has 0 bridgehead atoms. The molecule has 3 atom stereocenters. The van der Waals surface area contributed by atoms with E-state index in [1.807, 2.05) is 11.3 Å². The summed E-state index contributed by atoms with van der Waals surface area (Å²) in [6.45, 7) is 6.46. The molecule has 1 aromatic heterocycles. The van der Waals surface area contributed by atoms with Crippen LogP contribution in [0.25, 0.3) is 0 Å². The zero-order valence-electron chi connectivity index (χ0n) is 12.8. The molecule has 3 heteroatoms. The van der Waals surface area contributed by atoms with Crippen molar-refractivity contribution >= 4 is 11.3 Å². The number of thiophene rings is 1. The summed E-state index contributed by atoms with van der Waals surface area (Å²) >= 11 is 1.90. The Labute approximate surface area is 131 Å². The van der Waals surface area contributed by atoms with Crippen molar-refractivity contribution in [3.05, 3.63) is 57.8 Å². The number of hydrogen-bond acceptors (Lipinski definition) is 3. The van der Waals surface area contributed by atoms with Gasteiger partial charge in [0.1, 0.15) is 0 Å². The lowest BCUT2D eigenvalue weighted by Crippen LogP contribution is -2.47. The molecule has 2 N–H and O–H groups in total. The van der Waals surface area contributed by atoms with Gasteiger partial charge < -0.3 is 5.73 Å². The normalized spacial score (nSPS) is 21.8. The molecule has 0 spiro atoms. The van der Waals surface area contributed by atoms with Gasteiger partial charge in [-0.2, -0.15) is 0 Å². The lowest BCUT2D eigenvalue weighted by atomic mass is 9.89. The topological polar surface area (TPSA) is 29.3 Å². The van der Waals surface area contributed by atoms with Gasteiger partial charge in [-0.15, -0.1) is 11.3 Å². The van der Waals surface area contributed by atoms with Gasteiger partial charge in [-0.1, -0.05) is 37.3 Å². The summed E-state index contributed by atoms with van der Waals surface area (Å²) in [5, 5.41) is 2.22. The van der Waals surface area contributed by atoms with Crippen LogP contribution >= 0.6 is 11.3 Å². The summed E-state index contributed by atoms with van der Waals surface area (Å²) in [5.74, 6) is 0.457. The molecule has 2 aromatic rings. The van der Waals surface area contributed by atoms with Gasteiger partial charge in [-0.25, -0.2) is 0 Å². The minimum Gasteiger partial charge on any atom is -0.329 e. The zero-order chi connectivity index (χ0) is 14.8. The average Bonchev–Trinajstić information content (AvgIpc) is 3.00. The van der Waals surface area contributed by atoms with Crippen molar-refractivity contribution in [2.24, 2.45) is 5.73 Å². The zero-order valence-corrected chi connectivity index (χ0v) is 13.6. The fraction of sp³-hybridized carbons (Fsp3) is 0.444. The second-order valence-corrected chi connectivity index (χ2v) is 6.97. The van der Waals surface area contributed by atoms with Crippen LogP contribution in [0.1, 0.15) is 41.8 Å². The number of nitrogens with two attached hydrogens (primary N) is 1. The minimum absolute atomic E-state index is 0.399. The van der Waals surface area contributed by atoms with Crippen LogP contribution in [-0.2, 0) is 6.42 Å². The Morgan fingerprint density at radius 3 is 2.76 bits per heavy atom. The van der Waals surface area contributed by atoms with Crippen molar-refractivity contribution in [3.8, 4) is 0 Å². The van der Waals surface area contributed by atoms with E-state index in [1.54, 1.807) is 4.88 Å². The molecule has 0 aliphatic carbocycles. The monoisotopic (exact) mass is 300 g/mol. The Balaban J connectivity index is 1.84. The van der Waals surface area contributed by atoms with Crippen LogP contribution in [0.15, 0.2) is 41.8 Å². The van der Waals surface area contributed by atoms with Crippen LogP contribution in [-0.4, -0.2) is 24.0 Å². The quantitative estimate of drug-likeness (QED) is 0.930. The van der Waals surface area contributed by atoms with Crippen LogP contribution in [0.3, 0.4) is 0 Å². The molecule has 1 aliphatic heterocycles. The number of benzene rings is 1. The second-order valence-electron chi connectivity index (χ2n) is 5.97. The Morgan fingerprint density at radius 2 is 2.05 bits per heavy atom. The Morgan fingerprint density at radius 1 is 1.29 bits per heavy atom. The third-order valence-electron chi connectivity index (χ3n) is 4.89. The number of rotatable bonds is 4. The lowest BCUT2D eigenvalue weighted by Gasteiger charge is -2.42. The van der Waals surface area contributed by atoms with Crippen LogP contribution in [0.4, 0.5) is 0 Å². The molecule has 0 amide bonds. The predicted molar refractivity (Wildman–Crippen MR) is 90.8 cm³/mol. The molecule has 3 unspecified atom stereocenters. The highest BCUT2D eigenvalue weighted by Gasteiger charge is 2.32. The number of fused-ring (bicyclic) bond motifs is 1. The van der Waals surface area contributed by atoms with Crippen molar-refractivity contribution in [1.82, 2.24) is 4.90 Å². The smallest absolute Gasteiger partial charge is 0.0334 e. The van der Waals surface area contributed by atoms with Gasteiger partial charge in [-0.05, 0) is 41.8 Å². The summed E-state index contributed by atoms with van der Waals surface area (Å²) in [4.78, 5) is 4.16. The van der Waals surface area contributed by atoms with E-state index in [1.165, 1.54) is 11.1 Å². The van der Waals surface area contributed by atoms with Crippen LogP contribution in [0, 0.1) is 0 Å². The number of hydrogen-bond donors (Lipinski definition) is 1. The molecule has 2 heterocycles. The van der Waals surface area contributed by atoms with Crippen LogP contribution < -0.4 is 5.73 Å². The van der Waals surface area contributed by atoms with E-state index in [-0.39, 0.29) is 0 Å². The largest absolute Gasteiger partial charge is 0.329 e. The summed E-state index contributed by atoms with van der Waals surface area (Å²) < 4.78 is 0. The van der Waals surface area contributed by atoms with Gasteiger partial charge in [0.25, 0.3) is 0 Å². The fourth-order valence-electron chi connectivity index (χ4n) is 3.59. The highest BCUT2D eigenvalue weighted by atomic mass is 32.1. The molecule has 21 heavy (non-hydrogen) atoms. The van der Waals surface area contributed by atoms with E-state index in [9.17, 15) is 0 Å². The maximum absolute atomic E-state index is 6.16. The molecule has 112 valence electrons. The van der Waals surface area contributed by atoms with E-state index >= 15 is 0 Å². The minimum atomic E-state index is 0.399. The van der Waals surface area contributed by atoms with E-state index in [2.05, 4.69) is 60.5 Å². The Kier molecular flexibility index (Phi) is 4.43. The molecule has 0 saturated heterocycles. The summed E-state index contributed by atoms with van der Waals surface area (Å²) in [7, 11) is 0. The summed E-state index contributed by atoms with van der Waals surface area (Å²) in [6.07, 6.45) is 1.16. The molecule has 3 rings (SSSR count). The molecule has 1 aromatic carbocycles. The molecule has 0 saturated carbocycles.